The first-order valence-corrected chi connectivity index (χ1v) is 14.6. The number of thiazole rings is 1. The summed E-state index contributed by atoms with van der Waals surface area (Å²) >= 11 is 2.38. The molecule has 14 nitrogen and oxygen atoms in total. The molecule has 0 saturated carbocycles. The summed E-state index contributed by atoms with van der Waals surface area (Å²) in [6.07, 6.45) is 5.54. The van der Waals surface area contributed by atoms with E-state index in [2.05, 4.69) is 15.5 Å². The monoisotopic (exact) mass is 613 g/mol. The number of anilines is 1. The number of oxime groups is 1. The highest BCUT2D eigenvalue weighted by Gasteiger charge is 2.53. The van der Waals surface area contributed by atoms with Crippen LogP contribution >= 0.6 is 23.1 Å². The predicted octanol–water partition coefficient (Wildman–Crippen LogP) is -0.568. The number of amides is 2. The summed E-state index contributed by atoms with van der Waals surface area (Å²) in [7, 11) is 0. The number of carboxylic acids is 1. The molecule has 0 spiro atoms. The first-order valence-electron chi connectivity index (χ1n) is 12.7. The third kappa shape index (κ3) is 5.94. The fourth-order valence-electron chi connectivity index (χ4n) is 4.51. The number of nitrogens with two attached hydrogens (primary N) is 1. The van der Waals surface area contributed by atoms with Gasteiger partial charge in [-0.15, -0.1) is 23.1 Å². The molecular formula is C26H27N7O7S2. The predicted molar refractivity (Wildman–Crippen MR) is 150 cm³/mol. The second kappa shape index (κ2) is 11.4. The maximum atomic E-state index is 13.3. The van der Waals surface area contributed by atoms with Crippen LogP contribution in [0, 0.1) is 0 Å². The van der Waals surface area contributed by atoms with Crippen LogP contribution < -0.4 is 20.6 Å². The highest BCUT2D eigenvalue weighted by molar-refractivity contribution is 8.00. The molecule has 2 aliphatic heterocycles. The zero-order valence-electron chi connectivity index (χ0n) is 22.8. The van der Waals surface area contributed by atoms with Crippen LogP contribution in [0.15, 0.2) is 58.6 Å². The number of thioether (sulfide) groups is 1. The number of nitrogens with zero attached hydrogens (tertiary/aromatic N) is 5. The number of pyridine rings is 1. The van der Waals surface area contributed by atoms with Crippen LogP contribution in [0.3, 0.4) is 0 Å². The van der Waals surface area contributed by atoms with Gasteiger partial charge in [0.25, 0.3) is 17.5 Å². The summed E-state index contributed by atoms with van der Waals surface area (Å²) in [5.41, 5.74) is 5.88. The van der Waals surface area contributed by atoms with Crippen molar-refractivity contribution in [3.8, 4) is 0 Å². The molecule has 0 radical (unpaired) electrons. The number of hydrogen-bond acceptors (Lipinski definition) is 12. The van der Waals surface area contributed by atoms with E-state index in [9.17, 15) is 24.3 Å². The van der Waals surface area contributed by atoms with Crippen LogP contribution in [0.4, 0.5) is 5.13 Å². The number of hydrogen-bond donors (Lipinski definition) is 2. The van der Waals surface area contributed by atoms with Crippen molar-refractivity contribution < 1.29 is 38.3 Å². The van der Waals surface area contributed by atoms with Crippen molar-refractivity contribution in [3.05, 3.63) is 59.1 Å². The van der Waals surface area contributed by atoms with E-state index in [4.69, 9.17) is 15.3 Å². The summed E-state index contributed by atoms with van der Waals surface area (Å²) in [4.78, 5) is 60.9. The molecule has 1 fully saturated rings. The van der Waals surface area contributed by atoms with Gasteiger partial charge in [-0.3, -0.25) is 14.5 Å². The molecule has 2 aliphatic rings. The molecule has 0 unspecified atom stereocenters. The average Bonchev–Trinajstić information content (AvgIpc) is 3.54. The lowest BCUT2D eigenvalue weighted by Crippen LogP contribution is -2.71. The molecule has 2 atom stereocenters. The van der Waals surface area contributed by atoms with Gasteiger partial charge in [-0.1, -0.05) is 11.2 Å². The van der Waals surface area contributed by atoms with Crippen LogP contribution in [0.2, 0.25) is 0 Å². The molecule has 1 saturated heterocycles. The number of imidazole rings is 1. The topological polar surface area (TPSA) is 185 Å². The van der Waals surface area contributed by atoms with E-state index < -0.39 is 47.4 Å². The first-order chi connectivity index (χ1) is 19.9. The molecule has 0 aromatic carbocycles. The average molecular weight is 614 g/mol. The summed E-state index contributed by atoms with van der Waals surface area (Å²) in [6, 6.07) is 4.60. The van der Waals surface area contributed by atoms with Crippen molar-refractivity contribution in [2.24, 2.45) is 5.16 Å². The van der Waals surface area contributed by atoms with Crippen LogP contribution in [-0.2, 0) is 35.3 Å². The Morgan fingerprint density at radius 3 is 2.76 bits per heavy atom. The van der Waals surface area contributed by atoms with E-state index in [0.29, 0.717) is 11.3 Å². The van der Waals surface area contributed by atoms with Gasteiger partial charge in [0, 0.05) is 22.8 Å². The fourth-order valence-corrected chi connectivity index (χ4v) is 6.39. The van der Waals surface area contributed by atoms with Gasteiger partial charge in [-0.2, -0.15) is 0 Å². The van der Waals surface area contributed by atoms with Crippen LogP contribution in [-0.4, -0.2) is 73.3 Å². The molecule has 42 heavy (non-hydrogen) atoms. The van der Waals surface area contributed by atoms with Gasteiger partial charge in [0.15, 0.2) is 10.8 Å². The molecule has 3 aromatic heterocycles. The zero-order valence-corrected chi connectivity index (χ0v) is 24.4. The third-order valence-electron chi connectivity index (χ3n) is 6.20. The van der Waals surface area contributed by atoms with Crippen molar-refractivity contribution >= 4 is 63.3 Å². The summed E-state index contributed by atoms with van der Waals surface area (Å²) < 4.78 is 8.94. The lowest BCUT2D eigenvalue weighted by molar-refractivity contribution is -0.510. The summed E-state index contributed by atoms with van der Waals surface area (Å²) in [6.45, 7) is 4.75. The molecule has 220 valence electrons. The molecule has 5 heterocycles. The number of nitrogens with one attached hydrogen (secondary N) is 1. The standard InChI is InChI=1S/C26H27N7O7S2/c1-26(2,3)40-17(34)11-39-30-18(15-13-42-25(27)28-15)21(35)29-19-22(36)33-20(24(37)38)14(12-41-23(19)33)10-32-9-8-31-7-5-4-6-16(31)32/h4-9,13,19,23H,10-12H2,1-3H3,(H3-,27,28,29,35,37,38)/b30-18-/t19-,23+/m1/s1. The van der Waals surface area contributed by atoms with E-state index in [1.807, 2.05) is 45.8 Å². The minimum atomic E-state index is -1.48. The van der Waals surface area contributed by atoms with Gasteiger partial charge < -0.3 is 30.5 Å². The lowest BCUT2D eigenvalue weighted by atomic mass is 10.0. The second-order valence-electron chi connectivity index (χ2n) is 10.4. The van der Waals surface area contributed by atoms with E-state index in [0.717, 1.165) is 21.9 Å². The Hall–Kier alpha value is -4.44. The Labute approximate surface area is 247 Å². The number of ether oxygens (including phenoxy) is 1. The van der Waals surface area contributed by atoms with E-state index in [-0.39, 0.29) is 28.8 Å². The Morgan fingerprint density at radius 1 is 1.29 bits per heavy atom. The maximum absolute atomic E-state index is 13.3. The van der Waals surface area contributed by atoms with Crippen molar-refractivity contribution in [2.45, 2.75) is 44.3 Å². The minimum Gasteiger partial charge on any atom is -0.543 e. The first kappa shape index (κ1) is 29.1. The van der Waals surface area contributed by atoms with Crippen LogP contribution in [0.25, 0.3) is 5.65 Å². The molecule has 2 amide bonds. The molecule has 0 aliphatic carbocycles. The second-order valence-corrected chi connectivity index (χ2v) is 12.4. The molecule has 3 aromatic rings. The number of nitrogen functional groups attached to an aromatic ring is 1. The Kier molecular flexibility index (Phi) is 7.92. The van der Waals surface area contributed by atoms with Gasteiger partial charge in [-0.05, 0) is 26.8 Å². The number of carboxylic acid groups (broad SMARTS) is 1. The number of β-lactam (4-membered cyclic amide) rings is 1. The number of aromatic nitrogens is 3. The SMILES string of the molecule is CC(C)(C)OC(=O)CO/N=C(\C(=O)N[C@@H]1C(=O)N2C(C(=O)[O-])=C(Cn3cc[n+]4ccccc34)CS[C@@H]12)c1csc(N)n1. The van der Waals surface area contributed by atoms with Crippen molar-refractivity contribution in [1.29, 1.82) is 0 Å². The van der Waals surface area contributed by atoms with E-state index in [1.165, 1.54) is 17.1 Å². The van der Waals surface area contributed by atoms with Crippen molar-refractivity contribution in [2.75, 3.05) is 18.1 Å². The smallest absolute Gasteiger partial charge is 0.347 e. The highest BCUT2D eigenvalue weighted by atomic mass is 32.2. The van der Waals surface area contributed by atoms with Crippen LogP contribution in [0.5, 0.6) is 0 Å². The van der Waals surface area contributed by atoms with Crippen molar-refractivity contribution in [3.63, 3.8) is 0 Å². The van der Waals surface area contributed by atoms with E-state index >= 15 is 0 Å². The number of carbonyl (C=O) groups excluding carboxylic acids is 4. The normalized spacial score (nSPS) is 18.9. The van der Waals surface area contributed by atoms with Gasteiger partial charge in [0.05, 0.1) is 17.9 Å². The number of aliphatic carboxylic acids is 1. The highest BCUT2D eigenvalue weighted by Crippen LogP contribution is 2.40. The Morgan fingerprint density at radius 2 is 2.07 bits per heavy atom. The summed E-state index contributed by atoms with van der Waals surface area (Å²) in [5, 5.41) is 19.5. The quantitative estimate of drug-likeness (QED) is 0.104. The van der Waals surface area contributed by atoms with Gasteiger partial charge in [-0.25, -0.2) is 18.7 Å². The van der Waals surface area contributed by atoms with Gasteiger partial charge in [0.2, 0.25) is 6.61 Å². The molecule has 0 bridgehead atoms. The Balaban J connectivity index is 1.32. The summed E-state index contributed by atoms with van der Waals surface area (Å²) in [5.74, 6) is -3.31. The van der Waals surface area contributed by atoms with E-state index in [1.54, 1.807) is 20.8 Å². The van der Waals surface area contributed by atoms with Gasteiger partial charge >= 0.3 is 5.97 Å². The lowest BCUT2D eigenvalue weighted by Gasteiger charge is -2.50. The Bertz CT molecular complexity index is 1640. The largest absolute Gasteiger partial charge is 0.543 e. The fraction of sp³-hybridized carbons (Fsp3) is 0.346. The van der Waals surface area contributed by atoms with Gasteiger partial charge in [0.1, 0.15) is 41.6 Å². The zero-order chi connectivity index (χ0) is 30.2. The molecule has 3 N–H and O–H groups in total. The molecule has 16 heteroatoms. The number of fused-ring (bicyclic) bond motifs is 2. The van der Waals surface area contributed by atoms with Crippen molar-refractivity contribution in [1.82, 2.24) is 19.8 Å². The molecular weight excluding hydrogens is 586 g/mol. The maximum Gasteiger partial charge on any atom is 0.347 e. The number of carbonyl (C=O) groups is 4. The minimum absolute atomic E-state index is 0.0774. The molecule has 5 rings (SSSR count). The van der Waals surface area contributed by atoms with Crippen LogP contribution in [0.1, 0.15) is 26.5 Å². The number of rotatable bonds is 9. The number of esters is 1. The third-order valence-corrected chi connectivity index (χ3v) is 8.21.